The van der Waals surface area contributed by atoms with Crippen molar-refractivity contribution in [2.24, 2.45) is 0 Å². The van der Waals surface area contributed by atoms with Gasteiger partial charge in [-0.15, -0.1) is 5.10 Å². The molecule has 0 saturated heterocycles. The number of aryl methyl sites for hydroxylation is 1. The molecule has 0 atom stereocenters. The molecule has 2 aromatic heterocycles. The molecule has 0 aliphatic rings. The van der Waals surface area contributed by atoms with Crippen LogP contribution in [0, 0.1) is 6.92 Å². The SMILES string of the molecule is Cc1ccccc1-c1nc2sc(=Cc3ccccc3)c(=O)n2n1. The Bertz CT molecular complexity index is 1100. The van der Waals surface area contributed by atoms with Crippen LogP contribution in [0.5, 0.6) is 0 Å². The molecule has 2 heterocycles. The lowest BCUT2D eigenvalue weighted by Gasteiger charge is -1.98. The van der Waals surface area contributed by atoms with Crippen LogP contribution in [0.25, 0.3) is 22.4 Å². The van der Waals surface area contributed by atoms with E-state index in [-0.39, 0.29) is 5.56 Å². The minimum Gasteiger partial charge on any atom is -0.266 e. The number of thiazole rings is 1. The molecular formula is C18H13N3OS. The molecule has 112 valence electrons. The van der Waals surface area contributed by atoms with E-state index in [2.05, 4.69) is 10.1 Å². The predicted octanol–water partition coefficient (Wildman–Crippen LogP) is 2.67. The van der Waals surface area contributed by atoms with Crippen LogP contribution >= 0.6 is 11.3 Å². The Kier molecular flexibility index (Phi) is 3.28. The van der Waals surface area contributed by atoms with Gasteiger partial charge in [-0.25, -0.2) is 0 Å². The van der Waals surface area contributed by atoms with Crippen LogP contribution in [-0.4, -0.2) is 14.6 Å². The maximum atomic E-state index is 12.5. The predicted molar refractivity (Wildman–Crippen MR) is 92.5 cm³/mol. The smallest absolute Gasteiger partial charge is 0.266 e. The van der Waals surface area contributed by atoms with Crippen molar-refractivity contribution in [2.75, 3.05) is 0 Å². The Labute approximate surface area is 136 Å². The lowest BCUT2D eigenvalue weighted by atomic mass is 10.1. The summed E-state index contributed by atoms with van der Waals surface area (Å²) < 4.78 is 2.03. The number of benzene rings is 2. The van der Waals surface area contributed by atoms with Crippen LogP contribution in [0.15, 0.2) is 59.4 Å². The summed E-state index contributed by atoms with van der Waals surface area (Å²) >= 11 is 1.36. The molecule has 0 aliphatic heterocycles. The van der Waals surface area contributed by atoms with E-state index >= 15 is 0 Å². The third kappa shape index (κ3) is 2.45. The van der Waals surface area contributed by atoms with Crippen molar-refractivity contribution in [3.05, 3.63) is 80.6 Å². The molecule has 0 saturated carbocycles. The fourth-order valence-corrected chi connectivity index (χ4v) is 3.38. The third-order valence-electron chi connectivity index (χ3n) is 3.67. The lowest BCUT2D eigenvalue weighted by molar-refractivity contribution is 0.936. The molecule has 0 spiro atoms. The number of aromatic nitrogens is 3. The monoisotopic (exact) mass is 319 g/mol. The molecule has 0 bridgehead atoms. The van der Waals surface area contributed by atoms with Crippen LogP contribution < -0.4 is 10.1 Å². The molecular weight excluding hydrogens is 306 g/mol. The van der Waals surface area contributed by atoms with Crippen LogP contribution in [0.3, 0.4) is 0 Å². The van der Waals surface area contributed by atoms with Crippen LogP contribution in [0.4, 0.5) is 0 Å². The first-order valence-electron chi connectivity index (χ1n) is 7.25. The van der Waals surface area contributed by atoms with Gasteiger partial charge < -0.3 is 0 Å². The van der Waals surface area contributed by atoms with E-state index in [4.69, 9.17) is 0 Å². The standard InChI is InChI=1S/C18H13N3OS/c1-12-7-5-6-10-14(12)16-19-18-21(20-16)17(22)15(23-18)11-13-8-3-2-4-9-13/h2-11H,1H3. The first-order valence-corrected chi connectivity index (χ1v) is 8.06. The van der Waals surface area contributed by atoms with Gasteiger partial charge in [0.2, 0.25) is 4.96 Å². The van der Waals surface area contributed by atoms with E-state index in [0.717, 1.165) is 16.7 Å². The molecule has 0 amide bonds. The molecule has 0 unspecified atom stereocenters. The second-order valence-electron chi connectivity index (χ2n) is 5.27. The maximum Gasteiger partial charge on any atom is 0.291 e. The summed E-state index contributed by atoms with van der Waals surface area (Å²) in [5.74, 6) is 0.595. The third-order valence-corrected chi connectivity index (χ3v) is 4.62. The van der Waals surface area contributed by atoms with Crippen molar-refractivity contribution >= 4 is 22.4 Å². The van der Waals surface area contributed by atoms with E-state index in [1.54, 1.807) is 0 Å². The Hall–Kier alpha value is -2.79. The number of rotatable bonds is 2. The Morgan fingerprint density at radius 3 is 2.52 bits per heavy atom. The van der Waals surface area contributed by atoms with Crippen LogP contribution in [0.1, 0.15) is 11.1 Å². The minimum absolute atomic E-state index is 0.124. The number of hydrogen-bond donors (Lipinski definition) is 0. The highest BCUT2D eigenvalue weighted by Gasteiger charge is 2.12. The van der Waals surface area contributed by atoms with Gasteiger partial charge in [-0.3, -0.25) is 4.79 Å². The summed E-state index contributed by atoms with van der Waals surface area (Å²) in [6.07, 6.45) is 1.87. The fourth-order valence-electron chi connectivity index (χ4n) is 2.47. The molecule has 5 heteroatoms. The fraction of sp³-hybridized carbons (Fsp3) is 0.0556. The summed E-state index contributed by atoms with van der Waals surface area (Å²) in [7, 11) is 0. The summed E-state index contributed by atoms with van der Waals surface area (Å²) in [5, 5.41) is 4.39. The molecule has 4 nitrogen and oxygen atoms in total. The van der Waals surface area contributed by atoms with Gasteiger partial charge in [0, 0.05) is 5.56 Å². The normalized spacial score (nSPS) is 12.1. The first kappa shape index (κ1) is 13.8. The van der Waals surface area contributed by atoms with Crippen molar-refractivity contribution in [1.82, 2.24) is 14.6 Å². The summed E-state index contributed by atoms with van der Waals surface area (Å²) in [4.78, 5) is 17.6. The number of hydrogen-bond acceptors (Lipinski definition) is 4. The first-order chi connectivity index (χ1) is 11.2. The topological polar surface area (TPSA) is 47.3 Å². The molecule has 23 heavy (non-hydrogen) atoms. The highest BCUT2D eigenvalue weighted by Crippen LogP contribution is 2.20. The minimum atomic E-state index is -0.124. The van der Waals surface area contributed by atoms with E-state index in [1.165, 1.54) is 15.9 Å². The van der Waals surface area contributed by atoms with E-state index < -0.39 is 0 Å². The lowest BCUT2D eigenvalue weighted by Crippen LogP contribution is -2.23. The number of fused-ring (bicyclic) bond motifs is 1. The van der Waals surface area contributed by atoms with E-state index in [1.807, 2.05) is 67.6 Å². The Balaban J connectivity index is 1.86. The van der Waals surface area contributed by atoms with Gasteiger partial charge in [-0.05, 0) is 24.1 Å². The van der Waals surface area contributed by atoms with E-state index in [0.29, 0.717) is 15.3 Å². The Morgan fingerprint density at radius 1 is 1.04 bits per heavy atom. The van der Waals surface area contributed by atoms with Crippen molar-refractivity contribution in [1.29, 1.82) is 0 Å². The largest absolute Gasteiger partial charge is 0.291 e. The molecule has 4 rings (SSSR count). The van der Waals surface area contributed by atoms with Gasteiger partial charge in [0.15, 0.2) is 5.82 Å². The summed E-state index contributed by atoms with van der Waals surface area (Å²) in [6, 6.07) is 17.7. The van der Waals surface area contributed by atoms with Gasteiger partial charge in [-0.1, -0.05) is 65.9 Å². The second kappa shape index (κ2) is 5.44. The molecule has 0 fully saturated rings. The zero-order chi connectivity index (χ0) is 15.8. The summed E-state index contributed by atoms with van der Waals surface area (Å²) in [6.45, 7) is 2.01. The van der Waals surface area contributed by atoms with Gasteiger partial charge in [-0.2, -0.15) is 9.50 Å². The molecule has 2 aromatic carbocycles. The Morgan fingerprint density at radius 2 is 1.78 bits per heavy atom. The highest BCUT2D eigenvalue weighted by atomic mass is 32.1. The molecule has 0 N–H and O–H groups in total. The zero-order valence-corrected chi connectivity index (χ0v) is 13.2. The van der Waals surface area contributed by atoms with Crippen LogP contribution in [-0.2, 0) is 0 Å². The highest BCUT2D eigenvalue weighted by molar-refractivity contribution is 7.15. The zero-order valence-electron chi connectivity index (χ0n) is 12.4. The second-order valence-corrected chi connectivity index (χ2v) is 6.28. The molecule has 4 aromatic rings. The summed E-state index contributed by atoms with van der Waals surface area (Å²) in [5.41, 5.74) is 2.92. The average Bonchev–Trinajstić information content (AvgIpc) is 3.09. The van der Waals surface area contributed by atoms with Gasteiger partial charge in [0.25, 0.3) is 5.56 Å². The van der Waals surface area contributed by atoms with Crippen molar-refractivity contribution in [3.63, 3.8) is 0 Å². The van der Waals surface area contributed by atoms with Crippen molar-refractivity contribution < 1.29 is 0 Å². The average molecular weight is 319 g/mol. The van der Waals surface area contributed by atoms with Gasteiger partial charge >= 0.3 is 0 Å². The van der Waals surface area contributed by atoms with Gasteiger partial charge in [0.05, 0.1) is 4.53 Å². The molecule has 0 aliphatic carbocycles. The van der Waals surface area contributed by atoms with Crippen molar-refractivity contribution in [2.45, 2.75) is 6.92 Å². The number of nitrogens with zero attached hydrogens (tertiary/aromatic N) is 3. The van der Waals surface area contributed by atoms with E-state index in [9.17, 15) is 4.79 Å². The maximum absolute atomic E-state index is 12.5. The van der Waals surface area contributed by atoms with Gasteiger partial charge in [0.1, 0.15) is 0 Å². The quantitative estimate of drug-likeness (QED) is 0.571. The molecule has 0 radical (unpaired) electrons. The van der Waals surface area contributed by atoms with Crippen molar-refractivity contribution in [3.8, 4) is 11.4 Å². The van der Waals surface area contributed by atoms with Crippen LogP contribution in [0.2, 0.25) is 0 Å².